The number of carbonyl (C=O) groups is 1. The van der Waals surface area contributed by atoms with Gasteiger partial charge in [-0.05, 0) is 29.9 Å². The van der Waals surface area contributed by atoms with Gasteiger partial charge in [-0.25, -0.2) is 4.79 Å². The zero-order valence-electron chi connectivity index (χ0n) is 11.9. The first kappa shape index (κ1) is 14.8. The SMILES string of the molecule is CCCCc1sccc1C1CN=C(NC(=O)OC)NC1. The zero-order valence-corrected chi connectivity index (χ0v) is 12.8. The number of hydrogen-bond acceptors (Lipinski definition) is 5. The van der Waals surface area contributed by atoms with Crippen molar-refractivity contribution in [1.82, 2.24) is 10.6 Å². The van der Waals surface area contributed by atoms with Gasteiger partial charge in [0.25, 0.3) is 0 Å². The second kappa shape index (κ2) is 7.28. The van der Waals surface area contributed by atoms with Crippen LogP contribution in [-0.4, -0.2) is 32.3 Å². The number of rotatable bonds is 4. The van der Waals surface area contributed by atoms with Gasteiger partial charge in [-0.1, -0.05) is 13.3 Å². The molecule has 110 valence electrons. The molecular weight excluding hydrogens is 274 g/mol. The number of methoxy groups -OCH3 is 1. The van der Waals surface area contributed by atoms with E-state index in [4.69, 9.17) is 0 Å². The summed E-state index contributed by atoms with van der Waals surface area (Å²) in [5.41, 5.74) is 1.40. The van der Waals surface area contributed by atoms with Gasteiger partial charge in [0.2, 0.25) is 5.96 Å². The molecule has 0 fully saturated rings. The fourth-order valence-corrected chi connectivity index (χ4v) is 3.25. The molecule has 1 aromatic rings. The predicted octanol–water partition coefficient (Wildman–Crippen LogP) is 2.49. The number of alkyl carbamates (subject to hydrolysis) is 1. The number of thiophene rings is 1. The molecular formula is C14H21N3O2S. The van der Waals surface area contributed by atoms with Gasteiger partial charge in [0.05, 0.1) is 13.7 Å². The van der Waals surface area contributed by atoms with Crippen LogP contribution < -0.4 is 10.6 Å². The highest BCUT2D eigenvalue weighted by atomic mass is 32.1. The normalized spacial score (nSPS) is 18.1. The number of hydrogen-bond donors (Lipinski definition) is 2. The van der Waals surface area contributed by atoms with Crippen molar-refractivity contribution in [3.8, 4) is 0 Å². The largest absolute Gasteiger partial charge is 0.453 e. The highest BCUT2D eigenvalue weighted by Crippen LogP contribution is 2.27. The molecule has 6 heteroatoms. The monoisotopic (exact) mass is 295 g/mol. The lowest BCUT2D eigenvalue weighted by atomic mass is 9.97. The van der Waals surface area contributed by atoms with Crippen molar-refractivity contribution in [3.05, 3.63) is 21.9 Å². The van der Waals surface area contributed by atoms with Crippen molar-refractivity contribution in [1.29, 1.82) is 0 Å². The van der Waals surface area contributed by atoms with Crippen molar-refractivity contribution in [2.75, 3.05) is 20.2 Å². The molecule has 1 aliphatic rings. The number of aliphatic imine (C=N–C) groups is 1. The van der Waals surface area contributed by atoms with Crippen molar-refractivity contribution in [3.63, 3.8) is 0 Å². The van der Waals surface area contributed by atoms with Gasteiger partial charge >= 0.3 is 6.09 Å². The predicted molar refractivity (Wildman–Crippen MR) is 81.5 cm³/mol. The van der Waals surface area contributed by atoms with Crippen molar-refractivity contribution in [2.45, 2.75) is 32.1 Å². The van der Waals surface area contributed by atoms with Crippen LogP contribution in [-0.2, 0) is 11.2 Å². The lowest BCUT2D eigenvalue weighted by molar-refractivity contribution is 0.176. The maximum atomic E-state index is 11.1. The lowest BCUT2D eigenvalue weighted by Gasteiger charge is -2.23. The third kappa shape index (κ3) is 3.72. The number of guanidine groups is 1. The van der Waals surface area contributed by atoms with Crippen LogP contribution >= 0.6 is 11.3 Å². The number of nitrogens with one attached hydrogen (secondary N) is 2. The Labute approximate surface area is 123 Å². The first-order chi connectivity index (χ1) is 9.74. The van der Waals surface area contributed by atoms with E-state index in [9.17, 15) is 4.79 Å². The molecule has 0 saturated heterocycles. The maximum absolute atomic E-state index is 11.1. The van der Waals surface area contributed by atoms with Crippen molar-refractivity contribution < 1.29 is 9.53 Å². The lowest BCUT2D eigenvalue weighted by Crippen LogP contribution is -2.45. The number of amides is 1. The summed E-state index contributed by atoms with van der Waals surface area (Å²) in [5, 5.41) is 7.87. The van der Waals surface area contributed by atoms with Gasteiger partial charge in [0, 0.05) is 17.3 Å². The van der Waals surface area contributed by atoms with Gasteiger partial charge < -0.3 is 10.1 Å². The van der Waals surface area contributed by atoms with E-state index in [1.165, 1.54) is 30.4 Å². The summed E-state index contributed by atoms with van der Waals surface area (Å²) in [6, 6.07) is 2.20. The first-order valence-electron chi connectivity index (χ1n) is 6.94. The van der Waals surface area contributed by atoms with E-state index < -0.39 is 6.09 Å². The molecule has 0 aromatic carbocycles. The van der Waals surface area contributed by atoms with Crippen LogP contribution in [0.5, 0.6) is 0 Å². The van der Waals surface area contributed by atoms with Crippen LogP contribution in [0.25, 0.3) is 0 Å². The van der Waals surface area contributed by atoms with E-state index in [0.717, 1.165) is 13.0 Å². The maximum Gasteiger partial charge on any atom is 0.413 e. The molecule has 0 saturated carbocycles. The Kier molecular flexibility index (Phi) is 5.40. The quantitative estimate of drug-likeness (QED) is 0.897. The zero-order chi connectivity index (χ0) is 14.4. The number of unbranched alkanes of at least 4 members (excludes halogenated alkanes) is 1. The Morgan fingerprint density at radius 2 is 2.50 bits per heavy atom. The number of nitrogens with zero attached hydrogens (tertiary/aromatic N) is 1. The summed E-state index contributed by atoms with van der Waals surface area (Å²) in [4.78, 5) is 17.0. The van der Waals surface area contributed by atoms with Gasteiger partial charge in [-0.3, -0.25) is 10.3 Å². The Hall–Kier alpha value is -1.56. The number of aryl methyl sites for hydroxylation is 1. The van der Waals surface area contributed by atoms with Gasteiger partial charge in [0.15, 0.2) is 0 Å². The van der Waals surface area contributed by atoms with Crippen molar-refractivity contribution in [2.24, 2.45) is 4.99 Å². The second-order valence-corrected chi connectivity index (χ2v) is 5.79. The molecule has 5 nitrogen and oxygen atoms in total. The molecule has 1 atom stereocenters. The van der Waals surface area contributed by atoms with Gasteiger partial charge in [0.1, 0.15) is 0 Å². The van der Waals surface area contributed by atoms with E-state index in [0.29, 0.717) is 18.4 Å². The highest BCUT2D eigenvalue weighted by molar-refractivity contribution is 7.10. The molecule has 2 rings (SSSR count). The Balaban J connectivity index is 1.96. The Morgan fingerprint density at radius 3 is 3.15 bits per heavy atom. The van der Waals surface area contributed by atoms with Crippen LogP contribution in [0, 0.1) is 0 Å². The molecule has 2 N–H and O–H groups in total. The molecule has 0 aliphatic carbocycles. The molecule has 0 bridgehead atoms. The summed E-state index contributed by atoms with van der Waals surface area (Å²) < 4.78 is 4.55. The summed E-state index contributed by atoms with van der Waals surface area (Å²) in [6.45, 7) is 3.70. The molecule has 1 aromatic heterocycles. The first-order valence-corrected chi connectivity index (χ1v) is 7.82. The molecule has 0 radical (unpaired) electrons. The summed E-state index contributed by atoms with van der Waals surface area (Å²) in [5.74, 6) is 0.884. The minimum absolute atomic E-state index is 0.385. The molecule has 1 amide bonds. The van der Waals surface area contributed by atoms with Crippen LogP contribution in [0.2, 0.25) is 0 Å². The summed E-state index contributed by atoms with van der Waals surface area (Å²) in [7, 11) is 1.34. The van der Waals surface area contributed by atoms with E-state index in [1.807, 2.05) is 11.3 Å². The number of carbonyl (C=O) groups excluding carboxylic acids is 1. The van der Waals surface area contributed by atoms with Gasteiger partial charge in [-0.15, -0.1) is 11.3 Å². The Morgan fingerprint density at radius 1 is 1.65 bits per heavy atom. The van der Waals surface area contributed by atoms with Crippen LogP contribution in [0.15, 0.2) is 16.4 Å². The average molecular weight is 295 g/mol. The smallest absolute Gasteiger partial charge is 0.413 e. The summed E-state index contributed by atoms with van der Waals surface area (Å²) >= 11 is 1.83. The topological polar surface area (TPSA) is 62.7 Å². The van der Waals surface area contributed by atoms with Crippen LogP contribution in [0.4, 0.5) is 4.79 Å². The second-order valence-electron chi connectivity index (χ2n) is 4.79. The molecule has 2 heterocycles. The standard InChI is InChI=1S/C14H21N3O2S/c1-3-4-5-12-11(6-7-20-12)10-8-15-13(16-9-10)17-14(18)19-2/h6-7,10H,3-5,8-9H2,1-2H3,(H2,15,16,17,18). The molecule has 0 spiro atoms. The van der Waals surface area contributed by atoms with E-state index in [2.05, 4.69) is 38.7 Å². The van der Waals surface area contributed by atoms with Crippen molar-refractivity contribution >= 4 is 23.4 Å². The molecule has 1 unspecified atom stereocenters. The van der Waals surface area contributed by atoms with Gasteiger partial charge in [-0.2, -0.15) is 0 Å². The highest BCUT2D eigenvalue weighted by Gasteiger charge is 2.21. The van der Waals surface area contributed by atoms with E-state index in [-0.39, 0.29) is 0 Å². The van der Waals surface area contributed by atoms with E-state index in [1.54, 1.807) is 0 Å². The fraction of sp³-hybridized carbons (Fsp3) is 0.571. The Bertz CT molecular complexity index is 485. The summed E-state index contributed by atoms with van der Waals surface area (Å²) in [6.07, 6.45) is 3.10. The molecule has 1 aliphatic heterocycles. The average Bonchev–Trinajstić information content (AvgIpc) is 2.94. The van der Waals surface area contributed by atoms with E-state index >= 15 is 0 Å². The third-order valence-corrected chi connectivity index (χ3v) is 4.37. The van der Waals surface area contributed by atoms with Crippen LogP contribution in [0.1, 0.15) is 36.1 Å². The number of ether oxygens (including phenoxy) is 1. The van der Waals surface area contributed by atoms with Crippen LogP contribution in [0.3, 0.4) is 0 Å². The molecule has 20 heavy (non-hydrogen) atoms. The fourth-order valence-electron chi connectivity index (χ4n) is 2.24. The minimum atomic E-state index is -0.492. The minimum Gasteiger partial charge on any atom is -0.453 e. The third-order valence-electron chi connectivity index (χ3n) is 3.37.